The first-order chi connectivity index (χ1) is 12.1. The number of anilines is 2. The summed E-state index contributed by atoms with van der Waals surface area (Å²) < 4.78 is 0. The lowest BCUT2D eigenvalue weighted by atomic mass is 10.1. The van der Waals surface area contributed by atoms with Crippen LogP contribution in [0.4, 0.5) is 11.4 Å². The Bertz CT molecular complexity index is 856. The van der Waals surface area contributed by atoms with Crippen LogP contribution in [0, 0.1) is 13.8 Å². The molecule has 1 N–H and O–H groups in total. The predicted octanol–water partition coefficient (Wildman–Crippen LogP) is 6.78. The molecule has 3 aromatic rings. The highest BCUT2D eigenvalue weighted by Gasteiger charge is 1.99. The Morgan fingerprint density at radius 3 is 1.92 bits per heavy atom. The summed E-state index contributed by atoms with van der Waals surface area (Å²) in [5, 5.41) is 3.49. The molecule has 0 aliphatic rings. The number of nitrogens with one attached hydrogen (secondary N) is 1. The van der Waals surface area contributed by atoms with Crippen LogP contribution in [0.25, 0.3) is 12.2 Å². The Labute approximate surface area is 151 Å². The number of rotatable bonds is 5. The summed E-state index contributed by atoms with van der Waals surface area (Å²) in [5.41, 5.74) is 8.62. The van der Waals surface area contributed by atoms with Crippen molar-refractivity contribution in [3.8, 4) is 0 Å². The average Bonchev–Trinajstić information content (AvgIpc) is 2.64. The minimum Gasteiger partial charge on any atom is -0.355 e. The van der Waals surface area contributed by atoms with Crippen LogP contribution in [0.3, 0.4) is 0 Å². The van der Waals surface area contributed by atoms with Gasteiger partial charge < -0.3 is 5.32 Å². The van der Waals surface area contributed by atoms with Gasteiger partial charge >= 0.3 is 0 Å². The normalized spacial score (nSPS) is 11.0. The molecule has 0 amide bonds. The molecule has 1 nitrogen and oxygen atoms in total. The molecule has 0 saturated carbocycles. The molecule has 3 aromatic carbocycles. The Kier molecular flexibility index (Phi) is 5.35. The zero-order valence-electron chi connectivity index (χ0n) is 15.2. The van der Waals surface area contributed by atoms with E-state index in [9.17, 15) is 0 Å². The summed E-state index contributed by atoms with van der Waals surface area (Å²) in [6.07, 6.45) is 5.40. The molecule has 0 atom stereocenters. The Morgan fingerprint density at radius 2 is 1.36 bits per heavy atom. The minimum atomic E-state index is 1.08. The molecule has 0 bridgehead atoms. The molecule has 0 heterocycles. The molecule has 0 saturated heterocycles. The zero-order valence-corrected chi connectivity index (χ0v) is 15.2. The van der Waals surface area contributed by atoms with Gasteiger partial charge in [0.05, 0.1) is 0 Å². The van der Waals surface area contributed by atoms with E-state index < -0.39 is 0 Å². The van der Waals surface area contributed by atoms with E-state index in [0.717, 1.165) is 17.8 Å². The molecule has 0 aliphatic heterocycles. The first-order valence-corrected chi connectivity index (χ1v) is 8.85. The van der Waals surface area contributed by atoms with Crippen LogP contribution < -0.4 is 5.32 Å². The van der Waals surface area contributed by atoms with Crippen molar-refractivity contribution >= 4 is 23.5 Å². The number of benzene rings is 3. The van der Waals surface area contributed by atoms with Crippen molar-refractivity contribution < 1.29 is 0 Å². The van der Waals surface area contributed by atoms with E-state index in [1.165, 1.54) is 27.8 Å². The standard InChI is InChI=1S/C24H25N/c1-4-20-6-8-21(9-7-20)10-11-22-12-14-23(15-13-22)25-24-16-5-18(2)17-19(24)3/h5-17,25H,4H2,1-3H3. The molecular formula is C24H25N. The topological polar surface area (TPSA) is 12.0 Å². The molecule has 1 heteroatoms. The predicted molar refractivity (Wildman–Crippen MR) is 110 cm³/mol. The van der Waals surface area contributed by atoms with E-state index in [1.54, 1.807) is 0 Å². The summed E-state index contributed by atoms with van der Waals surface area (Å²) in [4.78, 5) is 0. The Balaban J connectivity index is 1.68. The molecule has 126 valence electrons. The lowest BCUT2D eigenvalue weighted by Crippen LogP contribution is -1.93. The van der Waals surface area contributed by atoms with E-state index in [4.69, 9.17) is 0 Å². The van der Waals surface area contributed by atoms with Crippen LogP contribution in [0.2, 0.25) is 0 Å². The highest BCUT2D eigenvalue weighted by molar-refractivity contribution is 5.71. The van der Waals surface area contributed by atoms with Crippen molar-refractivity contribution in [2.24, 2.45) is 0 Å². The molecule has 0 aromatic heterocycles. The zero-order chi connectivity index (χ0) is 17.6. The van der Waals surface area contributed by atoms with Crippen molar-refractivity contribution in [1.29, 1.82) is 0 Å². The van der Waals surface area contributed by atoms with Gasteiger partial charge in [0, 0.05) is 11.4 Å². The maximum atomic E-state index is 3.49. The van der Waals surface area contributed by atoms with Crippen LogP contribution in [-0.2, 0) is 6.42 Å². The van der Waals surface area contributed by atoms with Gasteiger partial charge in [-0.2, -0.15) is 0 Å². The monoisotopic (exact) mass is 327 g/mol. The quantitative estimate of drug-likeness (QED) is 0.509. The fourth-order valence-corrected chi connectivity index (χ4v) is 2.84. The summed E-state index contributed by atoms with van der Waals surface area (Å²) in [6, 6.07) is 23.7. The molecular weight excluding hydrogens is 302 g/mol. The van der Waals surface area contributed by atoms with E-state index in [-0.39, 0.29) is 0 Å². The third kappa shape index (κ3) is 4.60. The summed E-state index contributed by atoms with van der Waals surface area (Å²) >= 11 is 0. The van der Waals surface area contributed by atoms with Crippen molar-refractivity contribution in [1.82, 2.24) is 0 Å². The van der Waals surface area contributed by atoms with Crippen LogP contribution in [0.1, 0.15) is 34.7 Å². The largest absolute Gasteiger partial charge is 0.355 e. The summed E-state index contributed by atoms with van der Waals surface area (Å²) in [5.74, 6) is 0. The lowest BCUT2D eigenvalue weighted by Gasteiger charge is -2.10. The second-order valence-corrected chi connectivity index (χ2v) is 6.49. The molecule has 0 unspecified atom stereocenters. The first-order valence-electron chi connectivity index (χ1n) is 8.85. The van der Waals surface area contributed by atoms with Crippen LogP contribution in [-0.4, -0.2) is 0 Å². The van der Waals surface area contributed by atoms with Crippen LogP contribution in [0.15, 0.2) is 66.7 Å². The van der Waals surface area contributed by atoms with E-state index in [0.29, 0.717) is 0 Å². The lowest BCUT2D eigenvalue weighted by molar-refractivity contribution is 1.14. The molecule has 0 fully saturated rings. The highest BCUT2D eigenvalue weighted by atomic mass is 14.9. The number of hydrogen-bond acceptors (Lipinski definition) is 1. The average molecular weight is 327 g/mol. The van der Waals surface area contributed by atoms with Crippen molar-refractivity contribution in [2.75, 3.05) is 5.32 Å². The maximum absolute atomic E-state index is 3.49. The summed E-state index contributed by atoms with van der Waals surface area (Å²) in [7, 11) is 0. The molecule has 3 rings (SSSR count). The van der Waals surface area contributed by atoms with Gasteiger partial charge in [-0.25, -0.2) is 0 Å². The minimum absolute atomic E-state index is 1.08. The van der Waals surface area contributed by atoms with Gasteiger partial charge in [-0.3, -0.25) is 0 Å². The highest BCUT2D eigenvalue weighted by Crippen LogP contribution is 2.22. The maximum Gasteiger partial charge on any atom is 0.0414 e. The summed E-state index contributed by atoms with van der Waals surface area (Å²) in [6.45, 7) is 6.43. The van der Waals surface area contributed by atoms with E-state index >= 15 is 0 Å². The van der Waals surface area contributed by atoms with Gasteiger partial charge in [0.25, 0.3) is 0 Å². The SMILES string of the molecule is CCc1ccc(C=Cc2ccc(Nc3ccc(C)cc3C)cc2)cc1. The van der Waals surface area contributed by atoms with E-state index in [1.807, 2.05) is 0 Å². The first kappa shape index (κ1) is 17.0. The van der Waals surface area contributed by atoms with Gasteiger partial charge in [0.2, 0.25) is 0 Å². The Hall–Kier alpha value is -2.80. The van der Waals surface area contributed by atoms with Gasteiger partial charge in [0.1, 0.15) is 0 Å². The van der Waals surface area contributed by atoms with Crippen molar-refractivity contribution in [3.63, 3.8) is 0 Å². The van der Waals surface area contributed by atoms with Crippen molar-refractivity contribution in [3.05, 3.63) is 94.5 Å². The smallest absolute Gasteiger partial charge is 0.0414 e. The number of hydrogen-bond donors (Lipinski definition) is 1. The Morgan fingerprint density at radius 1 is 0.760 bits per heavy atom. The third-order valence-electron chi connectivity index (χ3n) is 4.43. The number of aryl methyl sites for hydroxylation is 3. The second-order valence-electron chi connectivity index (χ2n) is 6.49. The van der Waals surface area contributed by atoms with Crippen molar-refractivity contribution in [2.45, 2.75) is 27.2 Å². The molecule has 0 radical (unpaired) electrons. The molecule has 25 heavy (non-hydrogen) atoms. The van der Waals surface area contributed by atoms with Gasteiger partial charge in [-0.05, 0) is 60.7 Å². The fourth-order valence-electron chi connectivity index (χ4n) is 2.84. The van der Waals surface area contributed by atoms with Gasteiger partial charge in [-0.15, -0.1) is 0 Å². The fraction of sp³-hybridized carbons (Fsp3) is 0.167. The van der Waals surface area contributed by atoms with E-state index in [2.05, 4.69) is 105 Å². The van der Waals surface area contributed by atoms with Crippen LogP contribution in [0.5, 0.6) is 0 Å². The molecule has 0 aliphatic carbocycles. The third-order valence-corrected chi connectivity index (χ3v) is 4.43. The van der Waals surface area contributed by atoms with Gasteiger partial charge in [-0.1, -0.05) is 73.2 Å². The van der Waals surface area contributed by atoms with Crippen LogP contribution >= 0.6 is 0 Å². The van der Waals surface area contributed by atoms with Gasteiger partial charge in [0.15, 0.2) is 0 Å². The molecule has 0 spiro atoms. The second kappa shape index (κ2) is 7.85.